The normalized spacial score (nSPS) is 18.7. The highest BCUT2D eigenvalue weighted by Gasteiger charge is 2.29. The first kappa shape index (κ1) is 15.2. The van der Waals surface area contributed by atoms with Gasteiger partial charge in [0.2, 0.25) is 0 Å². The Labute approximate surface area is 120 Å². The quantitative estimate of drug-likeness (QED) is 0.567. The lowest BCUT2D eigenvalue weighted by Gasteiger charge is -2.33. The third kappa shape index (κ3) is 3.47. The van der Waals surface area contributed by atoms with E-state index in [1.807, 2.05) is 0 Å². The topological polar surface area (TPSA) is 97.1 Å². The molecule has 1 aromatic rings. The first-order valence-corrected chi connectivity index (χ1v) is 8.36. The predicted molar refractivity (Wildman–Crippen MR) is 78.4 cm³/mol. The minimum absolute atomic E-state index is 0.0381. The van der Waals surface area contributed by atoms with E-state index in [4.69, 9.17) is 5.84 Å². The molecule has 1 fully saturated rings. The van der Waals surface area contributed by atoms with Gasteiger partial charge in [0.05, 0.1) is 5.69 Å². The lowest BCUT2D eigenvalue weighted by molar-refractivity contribution is 0.219. The summed E-state index contributed by atoms with van der Waals surface area (Å²) in [5.74, 6) is 5.33. The van der Waals surface area contributed by atoms with Crippen LogP contribution in [0.15, 0.2) is 23.4 Å². The van der Waals surface area contributed by atoms with E-state index in [9.17, 15) is 8.42 Å². The number of nitrogens with zero attached hydrogens (tertiary/aromatic N) is 1. The first-order valence-electron chi connectivity index (χ1n) is 6.88. The summed E-state index contributed by atoms with van der Waals surface area (Å²) in [4.78, 5) is 3.91. The van der Waals surface area contributed by atoms with E-state index in [-0.39, 0.29) is 10.4 Å². The Morgan fingerprint density at radius 2 is 2.05 bits per heavy atom. The molecule has 1 heterocycles. The Morgan fingerprint density at radius 3 is 2.70 bits per heavy atom. The number of rotatable bonds is 5. The van der Waals surface area contributed by atoms with Crippen LogP contribution in [0.1, 0.15) is 39.0 Å². The summed E-state index contributed by atoms with van der Waals surface area (Å²) in [6, 6.07) is 3.22. The molecule has 0 bridgehead atoms. The number of sulfonamides is 1. The van der Waals surface area contributed by atoms with Gasteiger partial charge in [0, 0.05) is 12.7 Å². The van der Waals surface area contributed by atoms with Crippen LogP contribution in [0, 0.1) is 5.41 Å². The van der Waals surface area contributed by atoms with Gasteiger partial charge in [-0.25, -0.2) is 18.1 Å². The second-order valence-corrected chi connectivity index (χ2v) is 7.38. The fourth-order valence-corrected chi connectivity index (χ4v) is 3.93. The van der Waals surface area contributed by atoms with Crippen LogP contribution < -0.4 is 16.0 Å². The molecule has 1 aromatic heterocycles. The van der Waals surface area contributed by atoms with Crippen LogP contribution in [-0.2, 0) is 10.0 Å². The van der Waals surface area contributed by atoms with Crippen molar-refractivity contribution in [2.24, 2.45) is 11.3 Å². The van der Waals surface area contributed by atoms with E-state index in [0.717, 1.165) is 25.7 Å². The van der Waals surface area contributed by atoms with Crippen molar-refractivity contribution in [1.29, 1.82) is 0 Å². The number of nitrogen functional groups attached to an aromatic ring is 1. The average Bonchev–Trinajstić information content (AvgIpc) is 2.46. The Bertz CT molecular complexity index is 553. The van der Waals surface area contributed by atoms with E-state index >= 15 is 0 Å². The summed E-state index contributed by atoms with van der Waals surface area (Å²) >= 11 is 0. The maximum atomic E-state index is 12.3. The third-order valence-electron chi connectivity index (χ3n) is 3.93. The molecular formula is C13H22N4O2S. The molecule has 20 heavy (non-hydrogen) atoms. The lowest BCUT2D eigenvalue weighted by Crippen LogP contribution is -2.37. The Hall–Kier alpha value is -1.18. The SMILES string of the molecule is CC1(CNS(=O)(=O)c2ncccc2NN)CCCCC1. The molecule has 1 aliphatic carbocycles. The summed E-state index contributed by atoms with van der Waals surface area (Å²) < 4.78 is 27.3. The molecule has 7 heteroatoms. The first-order chi connectivity index (χ1) is 9.47. The van der Waals surface area contributed by atoms with Crippen LogP contribution in [0.2, 0.25) is 0 Å². The van der Waals surface area contributed by atoms with E-state index in [1.165, 1.54) is 12.6 Å². The minimum Gasteiger partial charge on any atom is -0.321 e. The molecule has 0 aromatic carbocycles. The number of pyridine rings is 1. The summed E-state index contributed by atoms with van der Waals surface area (Å²) in [7, 11) is -3.64. The molecule has 0 atom stereocenters. The van der Waals surface area contributed by atoms with E-state index in [0.29, 0.717) is 12.2 Å². The van der Waals surface area contributed by atoms with Crippen molar-refractivity contribution in [3.05, 3.63) is 18.3 Å². The molecule has 2 rings (SSSR count). The minimum atomic E-state index is -3.64. The Kier molecular flexibility index (Phi) is 4.62. The molecule has 0 amide bonds. The monoisotopic (exact) mass is 298 g/mol. The number of nitrogens with one attached hydrogen (secondary N) is 2. The van der Waals surface area contributed by atoms with Crippen LogP contribution in [0.4, 0.5) is 5.69 Å². The van der Waals surface area contributed by atoms with Crippen molar-refractivity contribution >= 4 is 15.7 Å². The van der Waals surface area contributed by atoms with Crippen molar-refractivity contribution < 1.29 is 8.42 Å². The fourth-order valence-electron chi connectivity index (χ4n) is 2.63. The second-order valence-electron chi connectivity index (χ2n) is 5.70. The molecular weight excluding hydrogens is 276 g/mol. The van der Waals surface area contributed by atoms with Crippen LogP contribution in [0.5, 0.6) is 0 Å². The number of aromatic nitrogens is 1. The average molecular weight is 298 g/mol. The van der Waals surface area contributed by atoms with Crippen LogP contribution in [0.3, 0.4) is 0 Å². The number of hydrogen-bond acceptors (Lipinski definition) is 5. The van der Waals surface area contributed by atoms with Crippen LogP contribution in [0.25, 0.3) is 0 Å². The van der Waals surface area contributed by atoms with Gasteiger partial charge in [0.15, 0.2) is 5.03 Å². The molecule has 1 saturated carbocycles. The summed E-state index contributed by atoms with van der Waals surface area (Å²) in [5.41, 5.74) is 2.71. The number of anilines is 1. The van der Waals surface area contributed by atoms with Crippen molar-refractivity contribution in [2.45, 2.75) is 44.1 Å². The highest BCUT2D eigenvalue weighted by atomic mass is 32.2. The van der Waals surface area contributed by atoms with Crippen molar-refractivity contribution in [3.8, 4) is 0 Å². The molecule has 1 aliphatic rings. The van der Waals surface area contributed by atoms with Gasteiger partial charge in [-0.15, -0.1) is 0 Å². The van der Waals surface area contributed by atoms with Gasteiger partial charge >= 0.3 is 0 Å². The largest absolute Gasteiger partial charge is 0.321 e. The number of nitrogens with two attached hydrogens (primary N) is 1. The lowest BCUT2D eigenvalue weighted by atomic mass is 9.76. The van der Waals surface area contributed by atoms with Crippen LogP contribution >= 0.6 is 0 Å². The zero-order valence-corrected chi connectivity index (χ0v) is 12.5. The van der Waals surface area contributed by atoms with Gasteiger partial charge in [0.25, 0.3) is 10.0 Å². The van der Waals surface area contributed by atoms with E-state index < -0.39 is 10.0 Å². The van der Waals surface area contributed by atoms with Gasteiger partial charge in [-0.3, -0.25) is 5.84 Å². The van der Waals surface area contributed by atoms with Crippen molar-refractivity contribution in [3.63, 3.8) is 0 Å². The van der Waals surface area contributed by atoms with Crippen LogP contribution in [-0.4, -0.2) is 19.9 Å². The van der Waals surface area contributed by atoms with E-state index in [2.05, 4.69) is 22.1 Å². The van der Waals surface area contributed by atoms with Crippen molar-refractivity contribution in [1.82, 2.24) is 9.71 Å². The van der Waals surface area contributed by atoms with Gasteiger partial charge in [-0.05, 0) is 30.4 Å². The molecule has 112 valence electrons. The van der Waals surface area contributed by atoms with Gasteiger partial charge in [0.1, 0.15) is 0 Å². The van der Waals surface area contributed by atoms with Gasteiger partial charge in [-0.1, -0.05) is 26.2 Å². The zero-order chi connectivity index (χ0) is 14.6. The summed E-state index contributed by atoms with van der Waals surface area (Å²) in [6.45, 7) is 2.57. The Balaban J connectivity index is 2.11. The van der Waals surface area contributed by atoms with Gasteiger partial charge < -0.3 is 5.43 Å². The highest BCUT2D eigenvalue weighted by Crippen LogP contribution is 2.35. The van der Waals surface area contributed by atoms with Crippen molar-refractivity contribution in [2.75, 3.05) is 12.0 Å². The van der Waals surface area contributed by atoms with Gasteiger partial charge in [-0.2, -0.15) is 0 Å². The number of hydrogen-bond donors (Lipinski definition) is 3. The molecule has 0 saturated heterocycles. The zero-order valence-electron chi connectivity index (χ0n) is 11.7. The predicted octanol–water partition coefficient (Wildman–Crippen LogP) is 1.62. The molecule has 6 nitrogen and oxygen atoms in total. The summed E-state index contributed by atoms with van der Waals surface area (Å²) in [6.07, 6.45) is 7.12. The molecule has 0 aliphatic heterocycles. The maximum absolute atomic E-state index is 12.3. The molecule has 0 spiro atoms. The standard InChI is InChI=1S/C13H22N4O2S/c1-13(7-3-2-4-8-13)10-16-20(18,19)12-11(17-14)6-5-9-15-12/h5-6,9,16-17H,2-4,7-8,10,14H2,1H3. The summed E-state index contributed by atoms with van der Waals surface area (Å²) in [5, 5.41) is -0.0538. The molecule has 0 unspecified atom stereocenters. The Morgan fingerprint density at radius 1 is 1.35 bits per heavy atom. The highest BCUT2D eigenvalue weighted by molar-refractivity contribution is 7.89. The third-order valence-corrected chi connectivity index (χ3v) is 5.29. The fraction of sp³-hybridized carbons (Fsp3) is 0.615. The molecule has 4 N–H and O–H groups in total. The second kappa shape index (κ2) is 6.07. The van der Waals surface area contributed by atoms with E-state index in [1.54, 1.807) is 12.1 Å². The smallest absolute Gasteiger partial charge is 0.260 e. The molecule has 0 radical (unpaired) electrons. The number of hydrazine groups is 1. The maximum Gasteiger partial charge on any atom is 0.260 e.